The highest BCUT2D eigenvalue weighted by Gasteiger charge is 2.35. The third-order valence-corrected chi connectivity index (χ3v) is 3.22. The summed E-state index contributed by atoms with van der Waals surface area (Å²) in [4.78, 5) is 11.9. The molecule has 20 heavy (non-hydrogen) atoms. The molecule has 2 aromatic rings. The van der Waals surface area contributed by atoms with E-state index in [9.17, 15) is 9.18 Å². The zero-order chi connectivity index (χ0) is 14.1. The topological polar surface area (TPSA) is 57.0 Å². The maximum atomic E-state index is 13.9. The lowest BCUT2D eigenvalue weighted by atomic mass is 10.2. The molecule has 0 bridgehead atoms. The van der Waals surface area contributed by atoms with Crippen molar-refractivity contribution in [2.45, 2.75) is 25.7 Å². The number of hydrogen-bond donors (Lipinski definition) is 0. The van der Waals surface area contributed by atoms with Crippen molar-refractivity contribution < 1.29 is 13.9 Å². The van der Waals surface area contributed by atoms with Crippen molar-refractivity contribution in [2.75, 3.05) is 6.61 Å². The molecular weight excluding hydrogens is 261 g/mol. The van der Waals surface area contributed by atoms with Gasteiger partial charge in [0.2, 0.25) is 0 Å². The number of para-hydroxylation sites is 1. The predicted octanol–water partition coefficient (Wildman–Crippen LogP) is 2.46. The summed E-state index contributed by atoms with van der Waals surface area (Å²) in [7, 11) is 0. The second kappa shape index (κ2) is 5.03. The predicted molar refractivity (Wildman–Crippen MR) is 69.2 cm³/mol. The van der Waals surface area contributed by atoms with Crippen molar-refractivity contribution in [3.8, 4) is 5.69 Å². The molecule has 1 aromatic carbocycles. The molecule has 1 heterocycles. The molecule has 1 aliphatic rings. The Balaban J connectivity index is 2.08. The number of nitrogens with zero attached hydrogens (tertiary/aromatic N) is 3. The fraction of sp³-hybridized carbons (Fsp3) is 0.357. The van der Waals surface area contributed by atoms with Gasteiger partial charge < -0.3 is 4.74 Å². The van der Waals surface area contributed by atoms with Crippen LogP contribution in [0.5, 0.6) is 0 Å². The van der Waals surface area contributed by atoms with E-state index in [0.29, 0.717) is 11.4 Å². The van der Waals surface area contributed by atoms with Crippen molar-refractivity contribution in [1.82, 2.24) is 15.0 Å². The standard InChI is InChI=1S/C14H14FN3O2/c1-2-20-14(19)12-13(9-7-8-9)18(17-16-12)11-6-4-3-5-10(11)15/h3-6,9H,2,7-8H2,1H3. The molecule has 6 heteroatoms. The minimum atomic E-state index is -0.503. The molecule has 0 amide bonds. The van der Waals surface area contributed by atoms with E-state index in [1.54, 1.807) is 25.1 Å². The third-order valence-electron chi connectivity index (χ3n) is 3.22. The largest absolute Gasteiger partial charge is 0.461 e. The summed E-state index contributed by atoms with van der Waals surface area (Å²) in [5, 5.41) is 7.82. The lowest BCUT2D eigenvalue weighted by Gasteiger charge is -2.07. The highest BCUT2D eigenvalue weighted by atomic mass is 19.1. The van der Waals surface area contributed by atoms with Crippen LogP contribution in [0.25, 0.3) is 5.69 Å². The fourth-order valence-electron chi connectivity index (χ4n) is 2.16. The Morgan fingerprint density at radius 2 is 2.20 bits per heavy atom. The smallest absolute Gasteiger partial charge is 0.360 e. The van der Waals surface area contributed by atoms with Gasteiger partial charge in [-0.1, -0.05) is 17.3 Å². The molecule has 3 rings (SSSR count). The van der Waals surface area contributed by atoms with Crippen molar-refractivity contribution in [3.63, 3.8) is 0 Å². The summed E-state index contributed by atoms with van der Waals surface area (Å²) in [6.07, 6.45) is 1.91. The first kappa shape index (κ1) is 12.8. The van der Waals surface area contributed by atoms with Gasteiger partial charge in [-0.3, -0.25) is 0 Å². The molecule has 1 saturated carbocycles. The van der Waals surface area contributed by atoms with Crippen molar-refractivity contribution in [1.29, 1.82) is 0 Å². The second-order valence-electron chi connectivity index (χ2n) is 4.68. The fourth-order valence-corrected chi connectivity index (χ4v) is 2.16. The van der Waals surface area contributed by atoms with Gasteiger partial charge in [0.25, 0.3) is 0 Å². The quantitative estimate of drug-likeness (QED) is 0.804. The van der Waals surface area contributed by atoms with E-state index < -0.39 is 11.8 Å². The van der Waals surface area contributed by atoms with Gasteiger partial charge in [0.1, 0.15) is 11.5 Å². The molecule has 0 unspecified atom stereocenters. The van der Waals surface area contributed by atoms with Crippen LogP contribution in [-0.4, -0.2) is 27.6 Å². The minimum absolute atomic E-state index is 0.192. The van der Waals surface area contributed by atoms with Gasteiger partial charge in [-0.15, -0.1) is 5.10 Å². The zero-order valence-corrected chi connectivity index (χ0v) is 11.0. The van der Waals surface area contributed by atoms with Crippen LogP contribution in [0.4, 0.5) is 4.39 Å². The number of hydrogen-bond acceptors (Lipinski definition) is 4. The maximum Gasteiger partial charge on any atom is 0.360 e. The van der Waals surface area contributed by atoms with E-state index >= 15 is 0 Å². The maximum absolute atomic E-state index is 13.9. The summed E-state index contributed by atoms with van der Waals surface area (Å²) in [5.74, 6) is -0.698. The monoisotopic (exact) mass is 275 g/mol. The first-order valence-corrected chi connectivity index (χ1v) is 6.60. The number of carbonyl (C=O) groups excluding carboxylic acids is 1. The van der Waals surface area contributed by atoms with E-state index in [1.165, 1.54) is 10.7 Å². The SMILES string of the molecule is CCOC(=O)c1nnn(-c2ccccc2F)c1C1CC1. The molecule has 5 nitrogen and oxygen atoms in total. The normalized spacial score (nSPS) is 14.3. The Kier molecular flexibility index (Phi) is 3.22. The van der Waals surface area contributed by atoms with Gasteiger partial charge in [-0.2, -0.15) is 0 Å². The zero-order valence-electron chi connectivity index (χ0n) is 11.0. The number of ether oxygens (including phenoxy) is 1. The Morgan fingerprint density at radius 1 is 1.45 bits per heavy atom. The van der Waals surface area contributed by atoms with Crippen LogP contribution >= 0.6 is 0 Å². The van der Waals surface area contributed by atoms with Gasteiger partial charge in [-0.25, -0.2) is 13.9 Å². The van der Waals surface area contributed by atoms with Crippen LogP contribution in [0, 0.1) is 5.82 Å². The van der Waals surface area contributed by atoms with E-state index in [1.807, 2.05) is 0 Å². The summed E-state index contributed by atoms with van der Waals surface area (Å²) in [6, 6.07) is 6.31. The molecular formula is C14H14FN3O2. The Labute approximate surface area is 115 Å². The van der Waals surface area contributed by atoms with Crippen LogP contribution in [0.3, 0.4) is 0 Å². The Hall–Kier alpha value is -2.24. The molecule has 0 aliphatic heterocycles. The van der Waals surface area contributed by atoms with Crippen molar-refractivity contribution >= 4 is 5.97 Å². The summed E-state index contributed by atoms with van der Waals surface area (Å²) in [5.41, 5.74) is 1.14. The number of esters is 1. The molecule has 1 aliphatic carbocycles. The first-order chi connectivity index (χ1) is 9.72. The first-order valence-electron chi connectivity index (χ1n) is 6.60. The van der Waals surface area contributed by atoms with E-state index in [0.717, 1.165) is 12.8 Å². The van der Waals surface area contributed by atoms with E-state index in [-0.39, 0.29) is 18.2 Å². The van der Waals surface area contributed by atoms with E-state index in [4.69, 9.17) is 4.74 Å². The van der Waals surface area contributed by atoms with Crippen LogP contribution in [0.2, 0.25) is 0 Å². The van der Waals surface area contributed by atoms with Crippen molar-refractivity contribution in [3.05, 3.63) is 41.5 Å². The highest BCUT2D eigenvalue weighted by Crippen LogP contribution is 2.42. The Morgan fingerprint density at radius 3 is 2.85 bits per heavy atom. The molecule has 0 N–H and O–H groups in total. The summed E-state index contributed by atoms with van der Waals surface area (Å²) < 4.78 is 20.3. The molecule has 0 saturated heterocycles. The molecule has 1 fully saturated rings. The highest BCUT2D eigenvalue weighted by molar-refractivity contribution is 5.88. The number of aromatic nitrogens is 3. The Bertz CT molecular complexity index is 650. The average Bonchev–Trinajstić information content (AvgIpc) is 3.18. The van der Waals surface area contributed by atoms with Gasteiger partial charge >= 0.3 is 5.97 Å². The number of rotatable bonds is 4. The average molecular weight is 275 g/mol. The molecule has 0 spiro atoms. The van der Waals surface area contributed by atoms with Gasteiger partial charge in [0, 0.05) is 5.92 Å². The van der Waals surface area contributed by atoms with Crippen LogP contribution in [-0.2, 0) is 4.74 Å². The van der Waals surface area contributed by atoms with Crippen LogP contribution < -0.4 is 0 Å². The number of halogens is 1. The van der Waals surface area contributed by atoms with Crippen LogP contribution in [0.1, 0.15) is 41.9 Å². The molecule has 104 valence electrons. The lowest BCUT2D eigenvalue weighted by molar-refractivity contribution is 0.0518. The summed E-state index contributed by atoms with van der Waals surface area (Å²) in [6.45, 7) is 2.01. The molecule has 0 radical (unpaired) electrons. The number of benzene rings is 1. The van der Waals surface area contributed by atoms with E-state index in [2.05, 4.69) is 10.3 Å². The minimum Gasteiger partial charge on any atom is -0.461 e. The third kappa shape index (κ3) is 2.17. The van der Waals surface area contributed by atoms with Gasteiger partial charge in [-0.05, 0) is 31.9 Å². The van der Waals surface area contributed by atoms with Gasteiger partial charge in [0.05, 0.1) is 12.3 Å². The second-order valence-corrected chi connectivity index (χ2v) is 4.68. The number of carbonyl (C=O) groups is 1. The lowest BCUT2D eigenvalue weighted by Crippen LogP contribution is -2.10. The summed E-state index contributed by atoms with van der Waals surface area (Å²) >= 11 is 0. The van der Waals surface area contributed by atoms with Crippen LogP contribution in [0.15, 0.2) is 24.3 Å². The molecule has 1 aromatic heterocycles. The van der Waals surface area contributed by atoms with Crippen molar-refractivity contribution in [2.24, 2.45) is 0 Å². The van der Waals surface area contributed by atoms with Gasteiger partial charge in [0.15, 0.2) is 5.69 Å². The molecule has 0 atom stereocenters.